The summed E-state index contributed by atoms with van der Waals surface area (Å²) >= 11 is 0. The highest BCUT2D eigenvalue weighted by molar-refractivity contribution is 5.28. The van der Waals surface area contributed by atoms with Gasteiger partial charge in [-0.3, -0.25) is 0 Å². The van der Waals surface area contributed by atoms with E-state index in [1.54, 1.807) is 0 Å². The van der Waals surface area contributed by atoms with Gasteiger partial charge in [0.1, 0.15) is 0 Å². The minimum atomic E-state index is 0.551. The Balaban J connectivity index is 2.69. The minimum absolute atomic E-state index is 0.551. The lowest BCUT2D eigenvalue weighted by atomic mass is 10.1. The first-order valence-corrected chi connectivity index (χ1v) is 3.67. The van der Waals surface area contributed by atoms with Crippen LogP contribution in [-0.2, 0) is 0 Å². The third kappa shape index (κ3) is 2.12. The molecule has 0 N–H and O–H groups in total. The Morgan fingerprint density at radius 3 is 3.00 bits per heavy atom. The van der Waals surface area contributed by atoms with Crippen LogP contribution in [0.3, 0.4) is 0 Å². The predicted octanol–water partition coefficient (Wildman–Crippen LogP) is 1.68. The van der Waals surface area contributed by atoms with Gasteiger partial charge in [0.05, 0.1) is 12.5 Å². The van der Waals surface area contributed by atoms with Crippen molar-refractivity contribution in [2.45, 2.75) is 13.3 Å². The molecular weight excluding hydrogens is 136 g/mol. The van der Waals surface area contributed by atoms with Crippen molar-refractivity contribution >= 4 is 0 Å². The van der Waals surface area contributed by atoms with Crippen LogP contribution in [0.15, 0.2) is 23.4 Å². The van der Waals surface area contributed by atoms with E-state index in [0.717, 1.165) is 6.54 Å². The van der Waals surface area contributed by atoms with E-state index in [-0.39, 0.29) is 0 Å². The Morgan fingerprint density at radius 1 is 1.73 bits per heavy atom. The van der Waals surface area contributed by atoms with E-state index in [9.17, 15) is 0 Å². The van der Waals surface area contributed by atoms with E-state index < -0.39 is 0 Å². The number of hydrogen-bond acceptors (Lipinski definition) is 2. The monoisotopic (exact) mass is 148 g/mol. The average molecular weight is 148 g/mol. The fourth-order valence-corrected chi connectivity index (χ4v) is 1.33. The van der Waals surface area contributed by atoms with Crippen molar-refractivity contribution < 1.29 is 0 Å². The van der Waals surface area contributed by atoms with Crippen LogP contribution in [0.2, 0.25) is 0 Å². The van der Waals surface area contributed by atoms with Gasteiger partial charge in [-0.2, -0.15) is 5.26 Å². The Labute approximate surface area is 67.4 Å². The van der Waals surface area contributed by atoms with E-state index in [4.69, 9.17) is 5.26 Å². The van der Waals surface area contributed by atoms with Crippen molar-refractivity contribution in [2.75, 3.05) is 13.6 Å². The van der Waals surface area contributed by atoms with Gasteiger partial charge in [0.2, 0.25) is 0 Å². The first-order valence-electron chi connectivity index (χ1n) is 3.67. The molecule has 2 nitrogen and oxygen atoms in total. The molecule has 0 saturated heterocycles. The number of nitriles is 1. The molecule has 0 aromatic carbocycles. The second kappa shape index (κ2) is 3.25. The molecule has 1 aliphatic rings. The molecule has 1 heterocycles. The summed E-state index contributed by atoms with van der Waals surface area (Å²) in [6, 6.07) is 2.16. The minimum Gasteiger partial charge on any atom is -0.376 e. The van der Waals surface area contributed by atoms with Crippen LogP contribution in [0.5, 0.6) is 0 Å². The van der Waals surface area contributed by atoms with Gasteiger partial charge in [0.25, 0.3) is 0 Å². The highest BCUT2D eigenvalue weighted by Crippen LogP contribution is 2.13. The van der Waals surface area contributed by atoms with Gasteiger partial charge >= 0.3 is 0 Å². The van der Waals surface area contributed by atoms with E-state index in [0.29, 0.717) is 6.42 Å². The van der Waals surface area contributed by atoms with Crippen molar-refractivity contribution in [1.29, 1.82) is 5.26 Å². The summed E-state index contributed by atoms with van der Waals surface area (Å²) in [7, 11) is 2.02. The summed E-state index contributed by atoms with van der Waals surface area (Å²) in [6.07, 6.45) is 4.72. The summed E-state index contributed by atoms with van der Waals surface area (Å²) in [5, 5.41) is 8.46. The Hall–Kier alpha value is -1.23. The van der Waals surface area contributed by atoms with E-state index in [2.05, 4.69) is 23.2 Å². The molecule has 0 saturated carbocycles. The number of allylic oxidation sites excluding steroid dienone is 2. The van der Waals surface area contributed by atoms with E-state index >= 15 is 0 Å². The zero-order chi connectivity index (χ0) is 8.27. The molecule has 1 rings (SSSR count). The van der Waals surface area contributed by atoms with Gasteiger partial charge in [0, 0.05) is 19.8 Å². The standard InChI is InChI=1S/C9H12N2/c1-8-5-9(3-4-10)7-11(2)6-8/h5-6H,3,7H2,1-2H3. The third-order valence-corrected chi connectivity index (χ3v) is 1.61. The molecule has 0 atom stereocenters. The molecule has 0 amide bonds. The lowest BCUT2D eigenvalue weighted by Crippen LogP contribution is -2.17. The molecule has 1 aliphatic heterocycles. The summed E-state index contributed by atoms with van der Waals surface area (Å²) in [5.41, 5.74) is 2.43. The maximum absolute atomic E-state index is 8.46. The van der Waals surface area contributed by atoms with Crippen molar-refractivity contribution in [3.05, 3.63) is 23.4 Å². The summed E-state index contributed by atoms with van der Waals surface area (Å²) < 4.78 is 0. The predicted molar refractivity (Wildman–Crippen MR) is 44.7 cm³/mol. The second-order valence-electron chi connectivity index (χ2n) is 2.93. The molecule has 0 unspecified atom stereocenters. The third-order valence-electron chi connectivity index (χ3n) is 1.61. The number of rotatable bonds is 1. The van der Waals surface area contributed by atoms with Gasteiger partial charge < -0.3 is 4.90 Å². The molecule has 0 radical (unpaired) electrons. The van der Waals surface area contributed by atoms with Crippen LogP contribution >= 0.6 is 0 Å². The van der Waals surface area contributed by atoms with Gasteiger partial charge in [-0.1, -0.05) is 6.08 Å². The van der Waals surface area contributed by atoms with E-state index in [1.165, 1.54) is 11.1 Å². The van der Waals surface area contributed by atoms with E-state index in [1.807, 2.05) is 14.0 Å². The maximum atomic E-state index is 8.46. The molecule has 2 heteroatoms. The highest BCUT2D eigenvalue weighted by atomic mass is 15.1. The fraction of sp³-hybridized carbons (Fsp3) is 0.444. The Kier molecular flexibility index (Phi) is 2.32. The molecule has 0 bridgehead atoms. The second-order valence-corrected chi connectivity index (χ2v) is 2.93. The van der Waals surface area contributed by atoms with Gasteiger partial charge in [-0.25, -0.2) is 0 Å². The summed E-state index contributed by atoms with van der Waals surface area (Å²) in [6.45, 7) is 2.94. The largest absolute Gasteiger partial charge is 0.376 e. The van der Waals surface area contributed by atoms with Gasteiger partial charge in [0.15, 0.2) is 0 Å². The zero-order valence-corrected chi connectivity index (χ0v) is 6.96. The van der Waals surface area contributed by atoms with Crippen molar-refractivity contribution in [3.8, 4) is 6.07 Å². The highest BCUT2D eigenvalue weighted by Gasteiger charge is 2.05. The molecule has 0 aromatic heterocycles. The molecular formula is C9H12N2. The molecule has 0 aromatic rings. The van der Waals surface area contributed by atoms with Gasteiger partial charge in [-0.15, -0.1) is 0 Å². The van der Waals surface area contributed by atoms with Crippen LogP contribution in [0.25, 0.3) is 0 Å². The molecule has 0 aliphatic carbocycles. The molecule has 11 heavy (non-hydrogen) atoms. The Morgan fingerprint density at radius 2 is 2.45 bits per heavy atom. The van der Waals surface area contributed by atoms with Crippen molar-refractivity contribution in [1.82, 2.24) is 4.90 Å². The van der Waals surface area contributed by atoms with Crippen LogP contribution in [0.1, 0.15) is 13.3 Å². The van der Waals surface area contributed by atoms with Crippen LogP contribution in [-0.4, -0.2) is 18.5 Å². The normalized spacial score (nSPS) is 17.0. The molecule has 0 fully saturated rings. The number of hydrogen-bond donors (Lipinski definition) is 0. The Bertz CT molecular complexity index is 243. The lowest BCUT2D eigenvalue weighted by Gasteiger charge is -2.20. The van der Waals surface area contributed by atoms with Crippen LogP contribution < -0.4 is 0 Å². The van der Waals surface area contributed by atoms with Crippen molar-refractivity contribution in [2.24, 2.45) is 0 Å². The summed E-state index contributed by atoms with van der Waals surface area (Å²) in [5.74, 6) is 0. The SMILES string of the molecule is CC1=CN(C)CC(CC#N)=C1. The lowest BCUT2D eigenvalue weighted by molar-refractivity contribution is 0.483. The van der Waals surface area contributed by atoms with Gasteiger partial charge in [-0.05, 0) is 18.1 Å². The fourth-order valence-electron chi connectivity index (χ4n) is 1.33. The first kappa shape index (κ1) is 7.87. The first-order chi connectivity index (χ1) is 5.22. The summed E-state index contributed by atoms with van der Waals surface area (Å²) in [4.78, 5) is 2.10. The van der Waals surface area contributed by atoms with Crippen molar-refractivity contribution in [3.63, 3.8) is 0 Å². The maximum Gasteiger partial charge on any atom is 0.0666 e. The zero-order valence-electron chi connectivity index (χ0n) is 6.96. The average Bonchev–Trinajstić information content (AvgIpc) is 1.85. The van der Waals surface area contributed by atoms with Crippen LogP contribution in [0.4, 0.5) is 0 Å². The number of nitrogens with zero attached hydrogens (tertiary/aromatic N) is 2. The smallest absolute Gasteiger partial charge is 0.0666 e. The molecule has 0 spiro atoms. The molecule has 58 valence electrons. The number of likely N-dealkylation sites (N-methyl/N-ethyl adjacent to an activating group) is 1. The van der Waals surface area contributed by atoms with Crippen LogP contribution in [0, 0.1) is 11.3 Å². The topological polar surface area (TPSA) is 27.0 Å². The quantitative estimate of drug-likeness (QED) is 0.565.